The van der Waals surface area contributed by atoms with E-state index < -0.39 is 0 Å². The number of hydrogen-bond donors (Lipinski definition) is 0. The van der Waals surface area contributed by atoms with E-state index in [9.17, 15) is 9.59 Å². The monoisotopic (exact) mass is 435 g/mol. The molecule has 0 N–H and O–H groups in total. The van der Waals surface area contributed by atoms with Gasteiger partial charge >= 0.3 is 0 Å². The van der Waals surface area contributed by atoms with Gasteiger partial charge in [0, 0.05) is 18.8 Å². The van der Waals surface area contributed by atoms with E-state index >= 15 is 0 Å². The molecule has 2 aliphatic rings. The molecule has 6 nitrogen and oxygen atoms in total. The van der Waals surface area contributed by atoms with E-state index in [1.807, 2.05) is 48.2 Å². The summed E-state index contributed by atoms with van der Waals surface area (Å²) in [6.45, 7) is 3.78. The van der Waals surface area contributed by atoms with Crippen molar-refractivity contribution >= 4 is 34.3 Å². The first-order valence-electron chi connectivity index (χ1n) is 10.8. The summed E-state index contributed by atoms with van der Waals surface area (Å²) >= 11 is 1.36. The Hall–Kier alpha value is -2.64. The van der Waals surface area contributed by atoms with Crippen molar-refractivity contribution in [2.75, 3.05) is 18.1 Å². The fraction of sp³-hybridized carbons (Fsp3) is 0.375. The van der Waals surface area contributed by atoms with Crippen molar-refractivity contribution in [1.82, 2.24) is 9.55 Å². The second kappa shape index (κ2) is 8.48. The third-order valence-corrected chi connectivity index (χ3v) is 7.10. The van der Waals surface area contributed by atoms with Gasteiger partial charge < -0.3 is 9.64 Å². The van der Waals surface area contributed by atoms with Gasteiger partial charge in [-0.2, -0.15) is 0 Å². The summed E-state index contributed by atoms with van der Waals surface area (Å²) in [6.07, 6.45) is 2.82. The van der Waals surface area contributed by atoms with E-state index in [0.717, 1.165) is 31.6 Å². The number of benzene rings is 2. The van der Waals surface area contributed by atoms with Crippen LogP contribution in [0.4, 0.5) is 5.69 Å². The predicted octanol–water partition coefficient (Wildman–Crippen LogP) is 3.65. The van der Waals surface area contributed by atoms with Gasteiger partial charge in [-0.3, -0.25) is 14.2 Å². The molecule has 31 heavy (non-hydrogen) atoms. The van der Waals surface area contributed by atoms with Crippen LogP contribution < -0.4 is 10.5 Å². The van der Waals surface area contributed by atoms with Crippen LogP contribution in [-0.4, -0.2) is 40.0 Å². The number of ether oxygens (including phenoxy) is 1. The van der Waals surface area contributed by atoms with Crippen LogP contribution in [0.15, 0.2) is 58.5 Å². The van der Waals surface area contributed by atoms with Crippen molar-refractivity contribution < 1.29 is 9.53 Å². The molecule has 2 aromatic carbocycles. The maximum absolute atomic E-state index is 13.3. The predicted molar refractivity (Wildman–Crippen MR) is 123 cm³/mol. The summed E-state index contributed by atoms with van der Waals surface area (Å²) in [6, 6.07) is 15.4. The van der Waals surface area contributed by atoms with Crippen molar-refractivity contribution in [2.45, 2.75) is 49.2 Å². The highest BCUT2D eigenvalue weighted by Crippen LogP contribution is 2.31. The summed E-state index contributed by atoms with van der Waals surface area (Å²) in [5.41, 5.74) is 2.77. The Morgan fingerprint density at radius 2 is 2.03 bits per heavy atom. The fourth-order valence-corrected chi connectivity index (χ4v) is 5.37. The third kappa shape index (κ3) is 3.88. The summed E-state index contributed by atoms with van der Waals surface area (Å²) in [7, 11) is 0. The maximum Gasteiger partial charge on any atom is 0.262 e. The smallest absolute Gasteiger partial charge is 0.262 e. The highest BCUT2D eigenvalue weighted by Gasteiger charge is 2.30. The molecule has 1 fully saturated rings. The van der Waals surface area contributed by atoms with Gasteiger partial charge in [0.2, 0.25) is 5.91 Å². The Balaban J connectivity index is 1.46. The number of anilines is 1. The molecule has 160 valence electrons. The second-order valence-electron chi connectivity index (χ2n) is 8.09. The summed E-state index contributed by atoms with van der Waals surface area (Å²) in [5, 5.41) is 0.805. The number of para-hydroxylation sites is 2. The van der Waals surface area contributed by atoms with Gasteiger partial charge in [-0.15, -0.1) is 0 Å². The van der Waals surface area contributed by atoms with Gasteiger partial charge in [0.15, 0.2) is 5.16 Å². The van der Waals surface area contributed by atoms with Crippen molar-refractivity contribution in [3.8, 4) is 0 Å². The summed E-state index contributed by atoms with van der Waals surface area (Å²) in [4.78, 5) is 33.2. The van der Waals surface area contributed by atoms with Crippen LogP contribution in [0.1, 0.15) is 25.3 Å². The van der Waals surface area contributed by atoms with Crippen molar-refractivity contribution in [1.29, 1.82) is 0 Å². The van der Waals surface area contributed by atoms with Crippen LogP contribution in [-0.2, 0) is 22.5 Å². The molecule has 0 unspecified atom stereocenters. The van der Waals surface area contributed by atoms with E-state index in [-0.39, 0.29) is 22.8 Å². The average Bonchev–Trinajstić information content (AvgIpc) is 3.46. The Morgan fingerprint density at radius 1 is 1.23 bits per heavy atom. The molecule has 5 rings (SSSR count). The summed E-state index contributed by atoms with van der Waals surface area (Å²) < 4.78 is 7.48. The van der Waals surface area contributed by atoms with Crippen LogP contribution in [0.5, 0.6) is 0 Å². The molecule has 0 bridgehead atoms. The van der Waals surface area contributed by atoms with Crippen LogP contribution in [0.3, 0.4) is 0 Å². The molecular formula is C24H25N3O3S. The molecule has 0 aliphatic carbocycles. The van der Waals surface area contributed by atoms with Gasteiger partial charge in [-0.25, -0.2) is 4.98 Å². The molecule has 7 heteroatoms. The zero-order valence-corrected chi connectivity index (χ0v) is 18.3. The van der Waals surface area contributed by atoms with Crippen molar-refractivity contribution in [3.63, 3.8) is 0 Å². The lowest BCUT2D eigenvalue weighted by Crippen LogP contribution is -2.36. The van der Waals surface area contributed by atoms with Crippen LogP contribution in [0, 0.1) is 0 Å². The first kappa shape index (κ1) is 20.3. The van der Waals surface area contributed by atoms with Gasteiger partial charge in [-0.05, 0) is 49.9 Å². The van der Waals surface area contributed by atoms with Crippen LogP contribution in [0.2, 0.25) is 0 Å². The van der Waals surface area contributed by atoms with Gasteiger partial charge in [0.05, 0.1) is 28.8 Å². The van der Waals surface area contributed by atoms with Gasteiger partial charge in [-0.1, -0.05) is 42.1 Å². The number of carbonyl (C=O) groups is 1. The highest BCUT2D eigenvalue weighted by molar-refractivity contribution is 8.00. The Kier molecular flexibility index (Phi) is 5.54. The normalized spacial score (nSPS) is 19.0. The van der Waals surface area contributed by atoms with E-state index in [2.05, 4.69) is 6.07 Å². The minimum Gasteiger partial charge on any atom is -0.376 e. The van der Waals surface area contributed by atoms with E-state index in [4.69, 9.17) is 9.72 Å². The quantitative estimate of drug-likeness (QED) is 0.452. The second-order valence-corrected chi connectivity index (χ2v) is 9.40. The fourth-order valence-electron chi connectivity index (χ4n) is 4.39. The van der Waals surface area contributed by atoms with Crippen LogP contribution >= 0.6 is 11.8 Å². The molecule has 1 saturated heterocycles. The van der Waals surface area contributed by atoms with E-state index in [1.54, 1.807) is 10.6 Å². The van der Waals surface area contributed by atoms with E-state index in [1.165, 1.54) is 17.3 Å². The Labute approximate surface area is 185 Å². The lowest BCUT2D eigenvalue weighted by molar-refractivity contribution is -0.117. The maximum atomic E-state index is 13.3. The zero-order chi connectivity index (χ0) is 21.4. The molecule has 0 radical (unpaired) electrons. The number of fused-ring (bicyclic) bond motifs is 2. The minimum atomic E-state index is -0.366. The lowest BCUT2D eigenvalue weighted by atomic mass is 10.2. The standard InChI is InChI=1S/C24H25N3O3S/c1-16(22(28)26-13-12-17-7-2-5-11-21(17)26)31-24-25-20-10-4-3-9-19(20)23(29)27(24)15-18-8-6-14-30-18/h2-5,7,9-11,16,18H,6,8,12-15H2,1H3/t16-,18-/m0/s1. The number of amides is 1. The average molecular weight is 436 g/mol. The number of nitrogens with zero attached hydrogens (tertiary/aromatic N) is 3. The highest BCUT2D eigenvalue weighted by atomic mass is 32.2. The molecule has 3 aromatic rings. The van der Waals surface area contributed by atoms with Crippen molar-refractivity contribution in [2.24, 2.45) is 0 Å². The lowest BCUT2D eigenvalue weighted by Gasteiger charge is -2.22. The molecular weight excluding hydrogens is 410 g/mol. The van der Waals surface area contributed by atoms with Gasteiger partial charge in [0.1, 0.15) is 0 Å². The third-order valence-electron chi connectivity index (χ3n) is 6.02. The minimum absolute atomic E-state index is 0.0106. The molecule has 1 amide bonds. The molecule has 0 saturated carbocycles. The van der Waals surface area contributed by atoms with E-state index in [0.29, 0.717) is 29.1 Å². The first-order valence-corrected chi connectivity index (χ1v) is 11.7. The number of carbonyl (C=O) groups excluding carboxylic acids is 1. The molecule has 2 atom stereocenters. The zero-order valence-electron chi connectivity index (χ0n) is 17.5. The number of thioether (sulfide) groups is 1. The van der Waals surface area contributed by atoms with Crippen LogP contribution in [0.25, 0.3) is 10.9 Å². The number of aromatic nitrogens is 2. The Bertz CT molecular complexity index is 1190. The van der Waals surface area contributed by atoms with Gasteiger partial charge in [0.25, 0.3) is 5.56 Å². The number of hydrogen-bond acceptors (Lipinski definition) is 5. The Morgan fingerprint density at radius 3 is 2.87 bits per heavy atom. The van der Waals surface area contributed by atoms with Crippen molar-refractivity contribution in [3.05, 3.63) is 64.4 Å². The topological polar surface area (TPSA) is 64.4 Å². The largest absolute Gasteiger partial charge is 0.376 e. The molecule has 1 aromatic heterocycles. The first-order chi connectivity index (χ1) is 15.1. The number of rotatable bonds is 5. The SMILES string of the molecule is C[C@H](Sc1nc2ccccc2c(=O)n1C[C@@H]1CCCO1)C(=O)N1CCc2ccccc21. The molecule has 0 spiro atoms. The molecule has 2 aliphatic heterocycles. The summed E-state index contributed by atoms with van der Waals surface area (Å²) in [5.74, 6) is 0.0426. The molecule has 3 heterocycles.